The van der Waals surface area contributed by atoms with Gasteiger partial charge >= 0.3 is 5.97 Å². The maximum absolute atomic E-state index is 11.6. The first kappa shape index (κ1) is 20.2. The number of rotatable bonds is 8. The molecule has 0 bridgehead atoms. The van der Waals surface area contributed by atoms with Crippen LogP contribution in [0, 0.1) is 0 Å². The van der Waals surface area contributed by atoms with Gasteiger partial charge in [0.25, 0.3) is 0 Å². The lowest BCUT2D eigenvalue weighted by Gasteiger charge is -2.12. The molecule has 0 radical (unpaired) electrons. The van der Waals surface area contributed by atoms with Crippen LogP contribution in [0.2, 0.25) is 0 Å². The molecule has 0 heterocycles. The molecular weight excluding hydrogens is 379 g/mol. The topological polar surface area (TPSA) is 54.0 Å². The predicted octanol–water partition coefficient (Wildman–Crippen LogP) is 4.21. The number of hydrogen-bond donors (Lipinski definition) is 0. The SMILES string of the molecule is COc1ccc(CCc2ccc(OC)c(OC(=O)C(Cl)Cl)c2)cc1OC. The monoisotopic (exact) mass is 398 g/mol. The highest BCUT2D eigenvalue weighted by molar-refractivity contribution is 6.53. The number of carbonyl (C=O) groups excluding carboxylic acids is 1. The summed E-state index contributed by atoms with van der Waals surface area (Å²) in [4.78, 5) is 10.4. The van der Waals surface area contributed by atoms with Gasteiger partial charge in [0.15, 0.2) is 23.0 Å². The number of esters is 1. The summed E-state index contributed by atoms with van der Waals surface area (Å²) >= 11 is 11.1. The first-order valence-electron chi connectivity index (χ1n) is 7.86. The molecule has 0 aromatic heterocycles. The zero-order valence-electron chi connectivity index (χ0n) is 14.8. The lowest BCUT2D eigenvalue weighted by atomic mass is 10.0. The second kappa shape index (κ2) is 9.55. The van der Waals surface area contributed by atoms with Gasteiger partial charge in [0.1, 0.15) is 0 Å². The molecule has 0 aliphatic rings. The minimum Gasteiger partial charge on any atom is -0.493 e. The summed E-state index contributed by atoms with van der Waals surface area (Å²) in [5.41, 5.74) is 2.07. The van der Waals surface area contributed by atoms with Gasteiger partial charge in [-0.15, -0.1) is 0 Å². The minimum absolute atomic E-state index is 0.286. The van der Waals surface area contributed by atoms with Gasteiger partial charge in [-0.3, -0.25) is 0 Å². The molecule has 0 unspecified atom stereocenters. The summed E-state index contributed by atoms with van der Waals surface area (Å²) < 4.78 is 21.0. The van der Waals surface area contributed by atoms with Crippen LogP contribution in [-0.2, 0) is 17.6 Å². The van der Waals surface area contributed by atoms with Gasteiger partial charge in [0.2, 0.25) is 4.84 Å². The molecule has 26 heavy (non-hydrogen) atoms. The first-order valence-corrected chi connectivity index (χ1v) is 8.73. The highest BCUT2D eigenvalue weighted by Gasteiger charge is 2.17. The van der Waals surface area contributed by atoms with Crippen molar-refractivity contribution in [2.24, 2.45) is 0 Å². The molecule has 0 aliphatic carbocycles. The number of methoxy groups -OCH3 is 3. The van der Waals surface area contributed by atoms with Gasteiger partial charge < -0.3 is 18.9 Å². The van der Waals surface area contributed by atoms with Gasteiger partial charge in [0, 0.05) is 0 Å². The highest BCUT2D eigenvalue weighted by Crippen LogP contribution is 2.31. The summed E-state index contributed by atoms with van der Waals surface area (Å²) in [5, 5.41) is 0. The Morgan fingerprint density at radius 2 is 1.27 bits per heavy atom. The molecule has 0 spiro atoms. The van der Waals surface area contributed by atoms with Crippen LogP contribution in [0.5, 0.6) is 23.0 Å². The van der Waals surface area contributed by atoms with Gasteiger partial charge in [0.05, 0.1) is 21.3 Å². The molecule has 0 saturated heterocycles. The number of alkyl halides is 2. The van der Waals surface area contributed by atoms with Crippen molar-refractivity contribution in [1.82, 2.24) is 0 Å². The van der Waals surface area contributed by atoms with E-state index in [0.717, 1.165) is 24.0 Å². The van der Waals surface area contributed by atoms with Gasteiger partial charge in [-0.2, -0.15) is 0 Å². The maximum Gasteiger partial charge on any atom is 0.344 e. The van der Waals surface area contributed by atoms with Crippen LogP contribution in [-0.4, -0.2) is 32.1 Å². The van der Waals surface area contributed by atoms with Crippen molar-refractivity contribution in [2.45, 2.75) is 17.7 Å². The standard InChI is InChI=1S/C19H20Cl2O5/c1-23-14-8-6-12(10-16(14)25-3)4-5-13-7-9-15(24-2)17(11-13)26-19(22)18(20)21/h6-11,18H,4-5H2,1-3H3. The average Bonchev–Trinajstić information content (AvgIpc) is 2.66. The Morgan fingerprint density at radius 3 is 1.73 bits per heavy atom. The molecule has 0 aliphatic heterocycles. The van der Waals surface area contributed by atoms with Crippen molar-refractivity contribution in [3.63, 3.8) is 0 Å². The van der Waals surface area contributed by atoms with Crippen molar-refractivity contribution in [3.05, 3.63) is 47.5 Å². The Balaban J connectivity index is 2.13. The maximum atomic E-state index is 11.6. The number of carbonyl (C=O) groups is 1. The van der Waals surface area contributed by atoms with E-state index in [1.54, 1.807) is 26.4 Å². The molecule has 0 amide bonds. The van der Waals surface area contributed by atoms with E-state index in [9.17, 15) is 4.79 Å². The van der Waals surface area contributed by atoms with E-state index in [1.165, 1.54) is 7.11 Å². The minimum atomic E-state index is -1.25. The number of aryl methyl sites for hydroxylation is 2. The van der Waals surface area contributed by atoms with Gasteiger partial charge in [-0.05, 0) is 48.2 Å². The van der Waals surface area contributed by atoms with Crippen LogP contribution < -0.4 is 18.9 Å². The fourth-order valence-electron chi connectivity index (χ4n) is 2.43. The molecule has 2 aromatic carbocycles. The van der Waals surface area contributed by atoms with Crippen molar-refractivity contribution >= 4 is 29.2 Å². The van der Waals surface area contributed by atoms with Crippen LogP contribution in [0.15, 0.2) is 36.4 Å². The predicted molar refractivity (Wildman–Crippen MR) is 101 cm³/mol. The Morgan fingerprint density at radius 1 is 0.808 bits per heavy atom. The lowest BCUT2D eigenvalue weighted by molar-refractivity contribution is -0.132. The third-order valence-electron chi connectivity index (χ3n) is 3.77. The molecule has 0 atom stereocenters. The van der Waals surface area contributed by atoms with E-state index in [-0.39, 0.29) is 5.75 Å². The molecule has 0 N–H and O–H groups in total. The van der Waals surface area contributed by atoms with Crippen LogP contribution in [0.3, 0.4) is 0 Å². The van der Waals surface area contributed by atoms with Crippen LogP contribution in [0.25, 0.3) is 0 Å². The molecule has 7 heteroatoms. The van der Waals surface area contributed by atoms with Gasteiger partial charge in [-0.1, -0.05) is 35.3 Å². The molecule has 0 fully saturated rings. The van der Waals surface area contributed by atoms with Crippen LogP contribution >= 0.6 is 23.2 Å². The summed E-state index contributed by atoms with van der Waals surface area (Å²) in [6.45, 7) is 0. The number of hydrogen-bond acceptors (Lipinski definition) is 5. The van der Waals surface area contributed by atoms with E-state index >= 15 is 0 Å². The average molecular weight is 399 g/mol. The third-order valence-corrected chi connectivity index (χ3v) is 4.12. The summed E-state index contributed by atoms with van der Waals surface area (Å²) in [7, 11) is 4.70. The molecular formula is C19H20Cl2O5. The smallest absolute Gasteiger partial charge is 0.344 e. The lowest BCUT2D eigenvalue weighted by Crippen LogP contribution is -2.16. The highest BCUT2D eigenvalue weighted by atomic mass is 35.5. The molecule has 0 saturated carbocycles. The van der Waals surface area contributed by atoms with E-state index in [0.29, 0.717) is 17.2 Å². The molecule has 2 rings (SSSR count). The Labute approximate surface area is 162 Å². The second-order valence-corrected chi connectivity index (χ2v) is 6.49. The molecule has 5 nitrogen and oxygen atoms in total. The van der Waals surface area contributed by atoms with Crippen molar-refractivity contribution in [3.8, 4) is 23.0 Å². The zero-order chi connectivity index (χ0) is 19.1. The van der Waals surface area contributed by atoms with E-state index in [4.69, 9.17) is 42.1 Å². The Hall–Kier alpha value is -2.11. The Bertz CT molecular complexity index is 762. The number of benzene rings is 2. The van der Waals surface area contributed by atoms with Crippen molar-refractivity contribution in [2.75, 3.05) is 21.3 Å². The summed E-state index contributed by atoms with van der Waals surface area (Å²) in [6, 6.07) is 11.2. The summed E-state index contributed by atoms with van der Waals surface area (Å²) in [5.74, 6) is 1.34. The normalized spacial score (nSPS) is 10.5. The van der Waals surface area contributed by atoms with Crippen molar-refractivity contribution in [1.29, 1.82) is 0 Å². The van der Waals surface area contributed by atoms with E-state index in [1.807, 2.05) is 24.3 Å². The third kappa shape index (κ3) is 5.19. The van der Waals surface area contributed by atoms with Gasteiger partial charge in [-0.25, -0.2) is 4.79 Å². The fraction of sp³-hybridized carbons (Fsp3) is 0.316. The Kier molecular flexibility index (Phi) is 7.42. The van der Waals surface area contributed by atoms with E-state index in [2.05, 4.69) is 0 Å². The number of ether oxygens (including phenoxy) is 4. The molecule has 2 aromatic rings. The second-order valence-electron chi connectivity index (χ2n) is 5.40. The molecule has 140 valence electrons. The summed E-state index contributed by atoms with van der Waals surface area (Å²) in [6.07, 6.45) is 1.50. The fourth-order valence-corrected chi connectivity index (χ4v) is 2.52. The van der Waals surface area contributed by atoms with Crippen LogP contribution in [0.1, 0.15) is 11.1 Å². The van der Waals surface area contributed by atoms with Crippen LogP contribution in [0.4, 0.5) is 0 Å². The van der Waals surface area contributed by atoms with E-state index < -0.39 is 10.8 Å². The zero-order valence-corrected chi connectivity index (χ0v) is 16.3. The first-order chi connectivity index (χ1) is 12.5. The largest absolute Gasteiger partial charge is 0.493 e. The number of halogens is 2. The van der Waals surface area contributed by atoms with Crippen molar-refractivity contribution < 1.29 is 23.7 Å². The quantitative estimate of drug-likeness (QED) is 0.378.